The molecule has 0 fully saturated rings. The van der Waals surface area contributed by atoms with E-state index in [2.05, 4.69) is 9.84 Å². The molecule has 0 aliphatic rings. The van der Waals surface area contributed by atoms with Crippen LogP contribution in [-0.4, -0.2) is 64.9 Å². The van der Waals surface area contributed by atoms with Gasteiger partial charge in [0.1, 0.15) is 5.60 Å². The quantitative estimate of drug-likeness (QED) is 0.132. The zero-order valence-corrected chi connectivity index (χ0v) is 28.5. The van der Waals surface area contributed by atoms with Crippen molar-refractivity contribution < 1.29 is 41.7 Å². The van der Waals surface area contributed by atoms with Gasteiger partial charge in [-0.3, -0.25) is 14.6 Å². The minimum Gasteiger partial charge on any atom is -0.444 e. The summed E-state index contributed by atoms with van der Waals surface area (Å²) in [7, 11) is -8.06. The molecule has 0 aliphatic heterocycles. The number of carbonyl (C=O) groups excluding carboxylic acids is 1. The summed E-state index contributed by atoms with van der Waals surface area (Å²) in [6.45, 7) is 15.1. The molecule has 1 amide bonds. The van der Waals surface area contributed by atoms with E-state index in [-0.39, 0.29) is 42.2 Å². The molecule has 1 atom stereocenters. The van der Waals surface area contributed by atoms with Crippen LogP contribution in [0.1, 0.15) is 67.4 Å². The number of carbonyl (C=O) groups is 1. The molecule has 13 nitrogen and oxygen atoms in total. The number of hydrogen-bond acceptors (Lipinski definition) is 8. The van der Waals surface area contributed by atoms with Crippen LogP contribution < -0.4 is 5.32 Å². The van der Waals surface area contributed by atoms with Gasteiger partial charge in [0.15, 0.2) is 0 Å². The summed E-state index contributed by atoms with van der Waals surface area (Å²) in [6.07, 6.45) is 0.298. The zero-order valence-electron chi connectivity index (χ0n) is 26.8. The summed E-state index contributed by atoms with van der Waals surface area (Å²) in [6, 6.07) is 14.1. The van der Waals surface area contributed by atoms with E-state index in [0.29, 0.717) is 12.8 Å². The van der Waals surface area contributed by atoms with Gasteiger partial charge in [0.05, 0.1) is 16.4 Å². The van der Waals surface area contributed by atoms with Gasteiger partial charge < -0.3 is 19.8 Å². The first kappa shape index (κ1) is 41.1. The Kier molecular flexibility index (Phi) is 18.2. The molecule has 0 aliphatic carbocycles. The number of nitrogens with one attached hydrogen (secondary N) is 1. The highest BCUT2D eigenvalue weighted by Gasteiger charge is 2.28. The Morgan fingerprint density at radius 1 is 1.07 bits per heavy atom. The van der Waals surface area contributed by atoms with Gasteiger partial charge in [0, 0.05) is 31.3 Å². The molecule has 2 rings (SSSR count). The van der Waals surface area contributed by atoms with Crippen molar-refractivity contribution >= 4 is 29.6 Å². The fourth-order valence-electron chi connectivity index (χ4n) is 3.67. The number of non-ortho nitro benzene ring substituents is 1. The van der Waals surface area contributed by atoms with E-state index in [1.807, 2.05) is 58.0 Å². The van der Waals surface area contributed by atoms with Crippen molar-refractivity contribution in [3.8, 4) is 0 Å². The summed E-state index contributed by atoms with van der Waals surface area (Å²) < 4.78 is 47.1. The van der Waals surface area contributed by atoms with E-state index in [4.69, 9.17) is 14.5 Å². The highest BCUT2D eigenvalue weighted by molar-refractivity contribution is 7.89. The Bertz CT molecular complexity index is 1280. The number of phosphoric acid groups is 1. The van der Waals surface area contributed by atoms with Crippen molar-refractivity contribution in [3.63, 3.8) is 0 Å². The molecular formula is C29H48N3O10PS. The number of nitro groups is 1. The van der Waals surface area contributed by atoms with Crippen LogP contribution >= 0.6 is 7.82 Å². The van der Waals surface area contributed by atoms with Crippen LogP contribution in [0, 0.1) is 16.0 Å². The molecule has 0 radical (unpaired) electrons. The summed E-state index contributed by atoms with van der Waals surface area (Å²) in [5.74, 6) is 0.0502. The number of benzene rings is 2. The molecule has 0 spiro atoms. The third-order valence-electron chi connectivity index (χ3n) is 5.32. The van der Waals surface area contributed by atoms with Crippen LogP contribution in [-0.2, 0) is 30.3 Å². The van der Waals surface area contributed by atoms with E-state index < -0.39 is 34.5 Å². The second-order valence-corrected chi connectivity index (χ2v) is 13.9. The Morgan fingerprint density at radius 3 is 2.02 bits per heavy atom. The van der Waals surface area contributed by atoms with Crippen molar-refractivity contribution in [1.29, 1.82) is 0 Å². The summed E-state index contributed by atoms with van der Waals surface area (Å²) in [4.78, 5) is 38.6. The molecule has 0 heterocycles. The molecule has 44 heavy (non-hydrogen) atoms. The minimum atomic E-state index is -4.17. The van der Waals surface area contributed by atoms with Gasteiger partial charge in [-0.15, -0.1) is 0 Å². The lowest BCUT2D eigenvalue weighted by atomic mass is 10.0. The lowest BCUT2D eigenvalue weighted by Crippen LogP contribution is -2.43. The second kappa shape index (κ2) is 19.5. The van der Waals surface area contributed by atoms with E-state index >= 15 is 0 Å². The highest BCUT2D eigenvalue weighted by atomic mass is 32.2. The molecule has 0 bridgehead atoms. The van der Waals surface area contributed by atoms with Crippen LogP contribution in [0.5, 0.6) is 0 Å². The number of hydrogen-bond donors (Lipinski definition) is 3. The van der Waals surface area contributed by atoms with Crippen LogP contribution in [0.15, 0.2) is 59.5 Å². The lowest BCUT2D eigenvalue weighted by Gasteiger charge is -2.28. The standard InChI is InChI=1S/C25H35N3O6S.C2H7O4P.C2H6/c1-19(2)18-27(35(32,33)23-13-11-22(12-14-23)28(30)31)16-15-21(17-20-9-7-6-8-10-20)26-24(29)34-25(3,4)5;1-2-6-7(3,4)5;1-2/h6-14,19,21H,15-18H2,1-5H3,(H,26,29);2H2,1H3,(H2,3,4,5);1-2H3/t21-;;/m1../s1. The molecule has 0 saturated carbocycles. The maximum atomic E-state index is 13.4. The number of amides is 1. The van der Waals surface area contributed by atoms with Gasteiger partial charge in [-0.25, -0.2) is 17.8 Å². The number of sulfonamides is 1. The van der Waals surface area contributed by atoms with Gasteiger partial charge in [-0.2, -0.15) is 4.31 Å². The van der Waals surface area contributed by atoms with Crippen LogP contribution in [0.25, 0.3) is 0 Å². The average molecular weight is 662 g/mol. The summed E-state index contributed by atoms with van der Waals surface area (Å²) in [5, 5.41) is 13.8. The molecule has 2 aromatic carbocycles. The summed E-state index contributed by atoms with van der Waals surface area (Å²) in [5.41, 5.74) is 0.163. The average Bonchev–Trinajstić information content (AvgIpc) is 2.91. The van der Waals surface area contributed by atoms with Gasteiger partial charge >= 0.3 is 13.9 Å². The minimum absolute atomic E-state index is 0.0107. The molecule has 0 aromatic heterocycles. The fourth-order valence-corrected chi connectivity index (χ4v) is 5.63. The van der Waals surface area contributed by atoms with Gasteiger partial charge in [0.25, 0.3) is 5.69 Å². The maximum Gasteiger partial charge on any atom is 0.469 e. The van der Waals surface area contributed by atoms with Crippen molar-refractivity contribution in [2.75, 3.05) is 19.7 Å². The van der Waals surface area contributed by atoms with E-state index in [0.717, 1.165) is 5.56 Å². The van der Waals surface area contributed by atoms with Crippen LogP contribution in [0.4, 0.5) is 10.5 Å². The maximum absolute atomic E-state index is 13.4. The van der Waals surface area contributed by atoms with Crippen molar-refractivity contribution in [1.82, 2.24) is 9.62 Å². The first-order chi connectivity index (χ1) is 20.3. The summed E-state index contributed by atoms with van der Waals surface area (Å²) >= 11 is 0. The van der Waals surface area contributed by atoms with Crippen molar-refractivity contribution in [2.24, 2.45) is 5.92 Å². The fraction of sp³-hybridized carbons (Fsp3) is 0.552. The molecular weight excluding hydrogens is 613 g/mol. The van der Waals surface area contributed by atoms with E-state index in [9.17, 15) is 27.9 Å². The lowest BCUT2D eigenvalue weighted by molar-refractivity contribution is -0.384. The predicted molar refractivity (Wildman–Crippen MR) is 170 cm³/mol. The number of phosphoric ester groups is 1. The smallest absolute Gasteiger partial charge is 0.444 e. The first-order valence-electron chi connectivity index (χ1n) is 14.3. The zero-order chi connectivity index (χ0) is 34.1. The van der Waals surface area contributed by atoms with Gasteiger partial charge in [-0.05, 0) is 64.2 Å². The Hall–Kier alpha value is -2.87. The number of ether oxygens (including phenoxy) is 1. The topological polar surface area (TPSA) is 186 Å². The number of alkyl carbamates (subject to hydrolysis) is 1. The van der Waals surface area contributed by atoms with Gasteiger partial charge in [-0.1, -0.05) is 58.0 Å². The molecule has 2 aromatic rings. The number of rotatable bonds is 13. The Balaban J connectivity index is 0.00000180. The second-order valence-electron chi connectivity index (χ2n) is 10.7. The van der Waals surface area contributed by atoms with E-state index in [1.165, 1.54) is 35.5 Å². The van der Waals surface area contributed by atoms with E-state index in [1.54, 1.807) is 20.8 Å². The number of nitrogens with zero attached hydrogens (tertiary/aromatic N) is 2. The molecule has 0 unspecified atom stereocenters. The number of nitro benzene ring substituents is 1. The Morgan fingerprint density at radius 2 is 1.61 bits per heavy atom. The Labute approximate surface area is 261 Å². The van der Waals surface area contributed by atoms with Crippen LogP contribution in [0.2, 0.25) is 0 Å². The third-order valence-corrected chi connectivity index (χ3v) is 7.80. The largest absolute Gasteiger partial charge is 0.469 e. The predicted octanol–water partition coefficient (Wildman–Crippen LogP) is 5.91. The van der Waals surface area contributed by atoms with Crippen molar-refractivity contribution in [2.45, 2.75) is 84.8 Å². The molecule has 250 valence electrons. The third kappa shape index (κ3) is 17.4. The van der Waals surface area contributed by atoms with Crippen molar-refractivity contribution in [3.05, 3.63) is 70.3 Å². The normalized spacial score (nSPS) is 12.4. The molecule has 0 saturated heterocycles. The van der Waals surface area contributed by atoms with Crippen LogP contribution in [0.3, 0.4) is 0 Å². The SMILES string of the molecule is CC.CC(C)CN(CC[C@H](Cc1ccccc1)NC(=O)OC(C)(C)C)S(=O)(=O)c1ccc([N+](=O)[O-])cc1.CCOP(=O)(O)O. The first-order valence-corrected chi connectivity index (χ1v) is 17.3. The molecule has 3 N–H and O–H groups in total. The monoisotopic (exact) mass is 661 g/mol. The molecule has 15 heteroatoms. The highest BCUT2D eigenvalue weighted by Crippen LogP contribution is 2.35. The van der Waals surface area contributed by atoms with Gasteiger partial charge in [0.2, 0.25) is 10.0 Å².